The van der Waals surface area contributed by atoms with E-state index in [0.717, 1.165) is 0 Å². The highest BCUT2D eigenvalue weighted by Crippen LogP contribution is 2.24. The zero-order valence-electron chi connectivity index (χ0n) is 11.7. The van der Waals surface area contributed by atoms with Crippen LogP contribution in [0.2, 0.25) is 0 Å². The molecule has 110 valence electrons. The van der Waals surface area contributed by atoms with E-state index in [2.05, 4.69) is 12.6 Å². The Bertz CT molecular complexity index is 675. The van der Waals surface area contributed by atoms with Crippen molar-refractivity contribution in [1.82, 2.24) is 4.90 Å². The highest BCUT2D eigenvalue weighted by Gasteiger charge is 2.23. The Morgan fingerprint density at radius 1 is 1.14 bits per heavy atom. The monoisotopic (exact) mass is 307 g/mol. The zero-order chi connectivity index (χ0) is 15.6. The quantitative estimate of drug-likeness (QED) is 0.847. The SMILES string of the molecule is CC(c1ccccc1F)N(C)C(=O)c1cc(S)ccc1F. The standard InChI is InChI=1S/C16H15F2NOS/c1-10(12-5-3-4-6-14(12)17)19(2)16(20)13-9-11(21)7-8-15(13)18/h3-10,21H,1-2H3. The molecule has 5 heteroatoms. The molecule has 0 saturated carbocycles. The molecule has 2 nitrogen and oxygen atoms in total. The van der Waals surface area contributed by atoms with Crippen molar-refractivity contribution in [3.63, 3.8) is 0 Å². The number of benzene rings is 2. The van der Waals surface area contributed by atoms with Crippen molar-refractivity contribution >= 4 is 18.5 Å². The van der Waals surface area contributed by atoms with Crippen LogP contribution in [0, 0.1) is 11.6 Å². The maximum absolute atomic E-state index is 13.8. The van der Waals surface area contributed by atoms with Gasteiger partial charge in [-0.05, 0) is 31.2 Å². The van der Waals surface area contributed by atoms with Gasteiger partial charge in [0.05, 0.1) is 11.6 Å². The number of rotatable bonds is 3. The zero-order valence-corrected chi connectivity index (χ0v) is 12.6. The fourth-order valence-corrected chi connectivity index (χ4v) is 2.27. The predicted octanol–water partition coefficient (Wildman–Crippen LogP) is 4.09. The molecule has 1 amide bonds. The number of amides is 1. The Morgan fingerprint density at radius 3 is 2.48 bits per heavy atom. The first-order chi connectivity index (χ1) is 9.91. The molecule has 21 heavy (non-hydrogen) atoms. The van der Waals surface area contributed by atoms with Crippen LogP contribution in [0.25, 0.3) is 0 Å². The average Bonchev–Trinajstić information content (AvgIpc) is 2.48. The normalized spacial score (nSPS) is 12.0. The van der Waals surface area contributed by atoms with Gasteiger partial charge in [0.15, 0.2) is 0 Å². The Hall–Kier alpha value is -1.88. The molecule has 0 aliphatic rings. The van der Waals surface area contributed by atoms with Gasteiger partial charge in [0, 0.05) is 17.5 Å². The number of carbonyl (C=O) groups excluding carboxylic acids is 1. The lowest BCUT2D eigenvalue weighted by molar-refractivity contribution is 0.0735. The van der Waals surface area contributed by atoms with Crippen LogP contribution < -0.4 is 0 Å². The van der Waals surface area contributed by atoms with Gasteiger partial charge in [-0.25, -0.2) is 8.78 Å². The van der Waals surface area contributed by atoms with E-state index in [1.807, 2.05) is 0 Å². The highest BCUT2D eigenvalue weighted by atomic mass is 32.1. The van der Waals surface area contributed by atoms with Crippen molar-refractivity contribution < 1.29 is 13.6 Å². The summed E-state index contributed by atoms with van der Waals surface area (Å²) in [5.74, 6) is -1.53. The van der Waals surface area contributed by atoms with Crippen molar-refractivity contribution in [2.75, 3.05) is 7.05 Å². The molecule has 0 bridgehead atoms. The highest BCUT2D eigenvalue weighted by molar-refractivity contribution is 7.80. The summed E-state index contributed by atoms with van der Waals surface area (Å²) in [4.78, 5) is 14.2. The predicted molar refractivity (Wildman–Crippen MR) is 80.6 cm³/mol. The molecule has 0 spiro atoms. The van der Waals surface area contributed by atoms with E-state index in [9.17, 15) is 13.6 Å². The van der Waals surface area contributed by atoms with Gasteiger partial charge in [0.2, 0.25) is 0 Å². The Morgan fingerprint density at radius 2 is 1.81 bits per heavy atom. The number of nitrogens with zero attached hydrogens (tertiary/aromatic N) is 1. The molecular weight excluding hydrogens is 292 g/mol. The molecular formula is C16H15F2NOS. The molecule has 0 fully saturated rings. The van der Waals surface area contributed by atoms with Gasteiger partial charge in [-0.15, -0.1) is 12.6 Å². The Balaban J connectivity index is 2.31. The van der Waals surface area contributed by atoms with Crippen LogP contribution in [0.3, 0.4) is 0 Å². The number of hydrogen-bond donors (Lipinski definition) is 1. The first kappa shape index (κ1) is 15.5. The van der Waals surface area contributed by atoms with E-state index < -0.39 is 23.6 Å². The van der Waals surface area contributed by atoms with Gasteiger partial charge in [-0.3, -0.25) is 4.79 Å². The molecule has 2 aromatic rings. The van der Waals surface area contributed by atoms with Gasteiger partial charge < -0.3 is 4.90 Å². The van der Waals surface area contributed by atoms with Gasteiger partial charge in [-0.2, -0.15) is 0 Å². The largest absolute Gasteiger partial charge is 0.335 e. The summed E-state index contributed by atoms with van der Waals surface area (Å²) in [5.41, 5.74) is 0.309. The summed E-state index contributed by atoms with van der Waals surface area (Å²) in [6.07, 6.45) is 0. The van der Waals surface area contributed by atoms with Gasteiger partial charge in [0.25, 0.3) is 5.91 Å². The van der Waals surface area contributed by atoms with Crippen LogP contribution in [0.1, 0.15) is 28.9 Å². The number of thiol groups is 1. The molecule has 1 atom stereocenters. The first-order valence-corrected chi connectivity index (χ1v) is 6.86. The van der Waals surface area contributed by atoms with E-state index in [1.54, 1.807) is 25.1 Å². The minimum Gasteiger partial charge on any atom is -0.335 e. The summed E-state index contributed by atoms with van der Waals surface area (Å²) < 4.78 is 27.6. The average molecular weight is 307 g/mol. The van der Waals surface area contributed by atoms with E-state index >= 15 is 0 Å². The molecule has 0 aromatic heterocycles. The Labute approximate surface area is 127 Å². The molecule has 0 radical (unpaired) electrons. The minimum absolute atomic E-state index is 0.0758. The third-order valence-corrected chi connectivity index (χ3v) is 3.72. The number of carbonyl (C=O) groups is 1. The maximum atomic E-state index is 13.8. The van der Waals surface area contributed by atoms with Crippen LogP contribution in [0.15, 0.2) is 47.4 Å². The fourth-order valence-electron chi connectivity index (χ4n) is 2.07. The van der Waals surface area contributed by atoms with E-state index in [1.165, 1.54) is 36.2 Å². The second-order valence-corrected chi connectivity index (χ2v) is 5.29. The van der Waals surface area contributed by atoms with Crippen molar-refractivity contribution in [2.45, 2.75) is 17.9 Å². The van der Waals surface area contributed by atoms with E-state index in [-0.39, 0.29) is 5.56 Å². The van der Waals surface area contributed by atoms with Crippen LogP contribution in [0.4, 0.5) is 8.78 Å². The van der Waals surface area contributed by atoms with Crippen molar-refractivity contribution in [2.24, 2.45) is 0 Å². The molecule has 0 saturated heterocycles. The maximum Gasteiger partial charge on any atom is 0.257 e. The topological polar surface area (TPSA) is 20.3 Å². The van der Waals surface area contributed by atoms with Gasteiger partial charge in [-0.1, -0.05) is 18.2 Å². The van der Waals surface area contributed by atoms with Crippen molar-refractivity contribution in [3.05, 3.63) is 65.2 Å². The third kappa shape index (κ3) is 3.24. The van der Waals surface area contributed by atoms with E-state index in [4.69, 9.17) is 0 Å². The van der Waals surface area contributed by atoms with E-state index in [0.29, 0.717) is 10.5 Å². The molecule has 2 rings (SSSR count). The number of hydrogen-bond acceptors (Lipinski definition) is 2. The molecule has 0 N–H and O–H groups in total. The van der Waals surface area contributed by atoms with Crippen molar-refractivity contribution in [1.29, 1.82) is 0 Å². The minimum atomic E-state index is -0.620. The molecule has 2 aromatic carbocycles. The second kappa shape index (κ2) is 6.26. The van der Waals surface area contributed by atoms with Crippen LogP contribution in [-0.4, -0.2) is 17.9 Å². The van der Waals surface area contributed by atoms with Gasteiger partial charge in [0.1, 0.15) is 11.6 Å². The molecule has 0 aliphatic carbocycles. The second-order valence-electron chi connectivity index (χ2n) is 4.78. The lowest BCUT2D eigenvalue weighted by Gasteiger charge is -2.26. The summed E-state index contributed by atoms with van der Waals surface area (Å²) in [7, 11) is 1.52. The lowest BCUT2D eigenvalue weighted by atomic mass is 10.1. The van der Waals surface area contributed by atoms with Crippen LogP contribution >= 0.6 is 12.6 Å². The smallest absolute Gasteiger partial charge is 0.257 e. The molecule has 1 unspecified atom stereocenters. The van der Waals surface area contributed by atoms with Gasteiger partial charge >= 0.3 is 0 Å². The summed E-state index contributed by atoms with van der Waals surface area (Å²) in [5, 5.41) is 0. The number of halogens is 2. The Kier molecular flexibility index (Phi) is 4.63. The third-order valence-electron chi connectivity index (χ3n) is 3.44. The summed E-state index contributed by atoms with van der Waals surface area (Å²) in [6, 6.07) is 9.73. The molecule has 0 aliphatic heterocycles. The summed E-state index contributed by atoms with van der Waals surface area (Å²) in [6.45, 7) is 1.69. The molecule has 0 heterocycles. The first-order valence-electron chi connectivity index (χ1n) is 6.42. The summed E-state index contributed by atoms with van der Waals surface area (Å²) >= 11 is 4.11. The van der Waals surface area contributed by atoms with Crippen LogP contribution in [0.5, 0.6) is 0 Å². The van der Waals surface area contributed by atoms with Crippen molar-refractivity contribution in [3.8, 4) is 0 Å². The fraction of sp³-hybridized carbons (Fsp3) is 0.188. The lowest BCUT2D eigenvalue weighted by Crippen LogP contribution is -2.30. The van der Waals surface area contributed by atoms with Crippen LogP contribution in [-0.2, 0) is 0 Å².